The lowest BCUT2D eigenvalue weighted by Gasteiger charge is -2.15. The minimum absolute atomic E-state index is 0.126. The van der Waals surface area contributed by atoms with Gasteiger partial charge in [0.25, 0.3) is 0 Å². The van der Waals surface area contributed by atoms with E-state index < -0.39 is 0 Å². The van der Waals surface area contributed by atoms with E-state index in [1.165, 1.54) is 6.33 Å². The van der Waals surface area contributed by atoms with Gasteiger partial charge in [0.15, 0.2) is 11.4 Å². The molecule has 1 unspecified atom stereocenters. The second kappa shape index (κ2) is 6.65. The fourth-order valence-electron chi connectivity index (χ4n) is 2.18. The predicted molar refractivity (Wildman–Crippen MR) is 77.5 cm³/mol. The van der Waals surface area contributed by atoms with Gasteiger partial charge in [-0.1, -0.05) is 13.8 Å². The standard InChI is InChI=1S/C15H16N6/c1-3-12(18-4-2)13-6-5-11(9-19-13)21-10-20-14(7-16)15(21)8-17/h5-6,9-10,12,18H,3-4H2,1-2H3. The van der Waals surface area contributed by atoms with Gasteiger partial charge in [-0.25, -0.2) is 4.98 Å². The second-order valence-electron chi connectivity index (χ2n) is 4.50. The topological polar surface area (TPSA) is 90.3 Å². The third-order valence-corrected chi connectivity index (χ3v) is 3.24. The van der Waals surface area contributed by atoms with E-state index in [4.69, 9.17) is 10.5 Å². The number of nitrogens with one attached hydrogen (secondary N) is 1. The van der Waals surface area contributed by atoms with E-state index in [1.54, 1.807) is 10.8 Å². The molecule has 0 amide bonds. The molecule has 0 saturated carbocycles. The molecule has 106 valence electrons. The number of nitriles is 2. The monoisotopic (exact) mass is 280 g/mol. The number of rotatable bonds is 5. The number of pyridine rings is 1. The molecule has 0 aliphatic carbocycles. The summed E-state index contributed by atoms with van der Waals surface area (Å²) < 4.78 is 1.57. The molecule has 0 radical (unpaired) electrons. The Labute approximate surface area is 123 Å². The highest BCUT2D eigenvalue weighted by atomic mass is 15.1. The lowest BCUT2D eigenvalue weighted by molar-refractivity contribution is 0.524. The van der Waals surface area contributed by atoms with Crippen LogP contribution in [0, 0.1) is 22.7 Å². The quantitative estimate of drug-likeness (QED) is 0.905. The first-order valence-electron chi connectivity index (χ1n) is 6.82. The van der Waals surface area contributed by atoms with Crippen molar-refractivity contribution in [2.75, 3.05) is 6.54 Å². The van der Waals surface area contributed by atoms with E-state index in [0.717, 1.165) is 24.3 Å². The van der Waals surface area contributed by atoms with Crippen LogP contribution in [0.3, 0.4) is 0 Å². The number of nitrogens with zero attached hydrogens (tertiary/aromatic N) is 5. The minimum atomic E-state index is 0.126. The van der Waals surface area contributed by atoms with Crippen LogP contribution in [0.1, 0.15) is 43.4 Å². The smallest absolute Gasteiger partial charge is 0.177 e. The average Bonchev–Trinajstić information content (AvgIpc) is 2.95. The Morgan fingerprint density at radius 3 is 2.57 bits per heavy atom. The molecular weight excluding hydrogens is 264 g/mol. The summed E-state index contributed by atoms with van der Waals surface area (Å²) in [5.41, 5.74) is 2.03. The van der Waals surface area contributed by atoms with Gasteiger partial charge >= 0.3 is 0 Å². The van der Waals surface area contributed by atoms with Gasteiger partial charge in [-0.2, -0.15) is 10.5 Å². The molecule has 6 nitrogen and oxygen atoms in total. The summed E-state index contributed by atoms with van der Waals surface area (Å²) in [6.45, 7) is 5.05. The Hall–Kier alpha value is -2.70. The summed E-state index contributed by atoms with van der Waals surface area (Å²) >= 11 is 0. The molecule has 1 N–H and O–H groups in total. The van der Waals surface area contributed by atoms with Crippen LogP contribution in [0.5, 0.6) is 0 Å². The van der Waals surface area contributed by atoms with Crippen molar-refractivity contribution in [2.45, 2.75) is 26.3 Å². The highest BCUT2D eigenvalue weighted by Gasteiger charge is 2.13. The largest absolute Gasteiger partial charge is 0.309 e. The van der Waals surface area contributed by atoms with Crippen molar-refractivity contribution >= 4 is 0 Å². The number of aromatic nitrogens is 3. The maximum absolute atomic E-state index is 9.14. The van der Waals surface area contributed by atoms with Crippen LogP contribution in [0.4, 0.5) is 0 Å². The second-order valence-corrected chi connectivity index (χ2v) is 4.50. The summed E-state index contributed by atoms with van der Waals surface area (Å²) in [7, 11) is 0. The van der Waals surface area contributed by atoms with Crippen molar-refractivity contribution < 1.29 is 0 Å². The summed E-state index contributed by atoms with van der Waals surface area (Å²) in [6.07, 6.45) is 4.11. The molecular formula is C15H16N6. The van der Waals surface area contributed by atoms with Crippen molar-refractivity contribution in [1.82, 2.24) is 19.9 Å². The summed E-state index contributed by atoms with van der Waals surface area (Å²) in [6, 6.07) is 7.94. The van der Waals surface area contributed by atoms with Crippen LogP contribution in [0.15, 0.2) is 24.7 Å². The zero-order chi connectivity index (χ0) is 15.2. The summed E-state index contributed by atoms with van der Waals surface area (Å²) in [5, 5.41) is 21.4. The Morgan fingerprint density at radius 2 is 2.05 bits per heavy atom. The Kier molecular flexibility index (Phi) is 4.65. The van der Waals surface area contributed by atoms with E-state index in [0.29, 0.717) is 0 Å². The maximum atomic E-state index is 9.14. The molecule has 0 aliphatic rings. The molecule has 0 aromatic carbocycles. The molecule has 2 heterocycles. The zero-order valence-corrected chi connectivity index (χ0v) is 12.0. The lowest BCUT2D eigenvalue weighted by atomic mass is 10.1. The Bertz CT molecular complexity index is 686. The van der Waals surface area contributed by atoms with Gasteiger partial charge < -0.3 is 5.32 Å². The molecule has 2 aromatic heterocycles. The first-order chi connectivity index (χ1) is 10.2. The van der Waals surface area contributed by atoms with Crippen LogP contribution >= 0.6 is 0 Å². The molecule has 21 heavy (non-hydrogen) atoms. The fraction of sp³-hybridized carbons (Fsp3) is 0.333. The predicted octanol–water partition coefficient (Wildman–Crippen LogP) is 2.07. The van der Waals surface area contributed by atoms with Gasteiger partial charge in [-0.3, -0.25) is 9.55 Å². The van der Waals surface area contributed by atoms with E-state index in [2.05, 4.69) is 29.1 Å². The van der Waals surface area contributed by atoms with Gasteiger partial charge in [0.05, 0.1) is 17.6 Å². The van der Waals surface area contributed by atoms with Gasteiger partial charge in [-0.05, 0) is 25.1 Å². The van der Waals surface area contributed by atoms with Crippen LogP contribution < -0.4 is 5.32 Å². The number of hydrogen-bond acceptors (Lipinski definition) is 5. The molecule has 0 spiro atoms. The molecule has 1 atom stereocenters. The van der Waals surface area contributed by atoms with Gasteiger partial charge in [0, 0.05) is 6.04 Å². The summed E-state index contributed by atoms with van der Waals surface area (Å²) in [5.74, 6) is 0. The Balaban J connectivity index is 2.34. The molecule has 0 bridgehead atoms. The van der Waals surface area contributed by atoms with Crippen LogP contribution in [-0.2, 0) is 0 Å². The van der Waals surface area contributed by atoms with Gasteiger partial charge in [0.2, 0.25) is 0 Å². The molecule has 0 aliphatic heterocycles. The molecule has 0 saturated heterocycles. The highest BCUT2D eigenvalue weighted by molar-refractivity contribution is 5.43. The number of imidazole rings is 1. The zero-order valence-electron chi connectivity index (χ0n) is 12.0. The molecule has 2 rings (SSSR count). The van der Waals surface area contributed by atoms with Crippen molar-refractivity contribution in [3.63, 3.8) is 0 Å². The molecule has 2 aromatic rings. The normalized spacial score (nSPS) is 11.6. The van der Waals surface area contributed by atoms with Crippen molar-refractivity contribution in [1.29, 1.82) is 10.5 Å². The van der Waals surface area contributed by atoms with Gasteiger partial charge in [0.1, 0.15) is 18.5 Å². The van der Waals surface area contributed by atoms with Crippen molar-refractivity contribution in [3.05, 3.63) is 41.7 Å². The van der Waals surface area contributed by atoms with E-state index >= 15 is 0 Å². The first-order valence-corrected chi connectivity index (χ1v) is 6.82. The van der Waals surface area contributed by atoms with Crippen LogP contribution in [-0.4, -0.2) is 21.1 Å². The summed E-state index contributed by atoms with van der Waals surface area (Å²) in [4.78, 5) is 8.38. The van der Waals surface area contributed by atoms with E-state index in [1.807, 2.05) is 24.3 Å². The van der Waals surface area contributed by atoms with E-state index in [-0.39, 0.29) is 17.4 Å². The van der Waals surface area contributed by atoms with E-state index in [9.17, 15) is 0 Å². The number of hydrogen-bond donors (Lipinski definition) is 1. The van der Waals surface area contributed by atoms with Crippen molar-refractivity contribution in [2.24, 2.45) is 0 Å². The van der Waals surface area contributed by atoms with Crippen LogP contribution in [0.2, 0.25) is 0 Å². The fourth-order valence-corrected chi connectivity index (χ4v) is 2.18. The molecule has 0 fully saturated rings. The average molecular weight is 280 g/mol. The molecule has 6 heteroatoms. The van der Waals surface area contributed by atoms with Gasteiger partial charge in [-0.15, -0.1) is 0 Å². The lowest BCUT2D eigenvalue weighted by Crippen LogP contribution is -2.21. The minimum Gasteiger partial charge on any atom is -0.309 e. The maximum Gasteiger partial charge on any atom is 0.177 e. The Morgan fingerprint density at radius 1 is 1.24 bits per heavy atom. The third kappa shape index (κ3) is 2.91. The highest BCUT2D eigenvalue weighted by Crippen LogP contribution is 2.17. The third-order valence-electron chi connectivity index (χ3n) is 3.24. The van der Waals surface area contributed by atoms with Crippen LogP contribution in [0.25, 0.3) is 5.69 Å². The van der Waals surface area contributed by atoms with Crippen molar-refractivity contribution in [3.8, 4) is 17.8 Å². The first kappa shape index (κ1) is 14.7. The SMILES string of the molecule is CCNC(CC)c1ccc(-n2cnc(C#N)c2C#N)cn1.